The number of rotatable bonds is 2. The Balaban J connectivity index is 1.76. The monoisotopic (exact) mass is 241 g/mol. The van der Waals surface area contributed by atoms with E-state index in [4.69, 9.17) is 4.74 Å². The highest BCUT2D eigenvalue weighted by Gasteiger charge is 2.33. The molecule has 0 spiro atoms. The van der Waals surface area contributed by atoms with Crippen LogP contribution < -0.4 is 4.90 Å². The van der Waals surface area contributed by atoms with Crippen molar-refractivity contribution in [2.75, 3.05) is 32.8 Å². The number of hydrogen-bond donors (Lipinski definition) is 1. The van der Waals surface area contributed by atoms with Crippen LogP contribution >= 0.6 is 0 Å². The zero-order chi connectivity index (χ0) is 12.3. The van der Waals surface area contributed by atoms with E-state index in [0.717, 1.165) is 38.1 Å². The van der Waals surface area contributed by atoms with Crippen LogP contribution in [-0.2, 0) is 4.74 Å². The Bertz CT molecular complexity index is 262. The maximum Gasteiger partial charge on any atom is 0.410 e. The third-order valence-electron chi connectivity index (χ3n) is 4.20. The molecule has 1 saturated carbocycles. The average Bonchev–Trinajstić information content (AvgIpc) is 2.76. The van der Waals surface area contributed by atoms with Crippen molar-refractivity contribution in [3.8, 4) is 0 Å². The van der Waals surface area contributed by atoms with E-state index in [0.29, 0.717) is 6.61 Å². The van der Waals surface area contributed by atoms with Crippen molar-refractivity contribution in [1.29, 1.82) is 0 Å². The van der Waals surface area contributed by atoms with Crippen LogP contribution in [0.1, 0.15) is 33.1 Å². The molecule has 0 aromatic rings. The Hall–Kier alpha value is -0.770. The molecule has 4 heteroatoms. The minimum atomic E-state index is -0.133. The molecule has 17 heavy (non-hydrogen) atoms. The molecule has 1 amide bonds. The van der Waals surface area contributed by atoms with Crippen molar-refractivity contribution in [1.82, 2.24) is 4.90 Å². The van der Waals surface area contributed by atoms with Gasteiger partial charge in [-0.15, -0.1) is 0 Å². The van der Waals surface area contributed by atoms with E-state index in [2.05, 4.69) is 6.92 Å². The van der Waals surface area contributed by atoms with Gasteiger partial charge in [-0.2, -0.15) is 0 Å². The highest BCUT2D eigenvalue weighted by atomic mass is 16.6. The number of carbonyl (C=O) groups is 1. The second kappa shape index (κ2) is 5.71. The topological polar surface area (TPSA) is 34.0 Å². The Morgan fingerprint density at radius 3 is 2.59 bits per heavy atom. The number of ether oxygens (including phenoxy) is 1. The van der Waals surface area contributed by atoms with Gasteiger partial charge in [0.15, 0.2) is 0 Å². The number of amides is 1. The van der Waals surface area contributed by atoms with Gasteiger partial charge >= 0.3 is 6.09 Å². The number of hydrogen-bond acceptors (Lipinski definition) is 2. The highest BCUT2D eigenvalue weighted by molar-refractivity contribution is 5.67. The van der Waals surface area contributed by atoms with E-state index in [9.17, 15) is 4.79 Å². The molecule has 0 radical (unpaired) electrons. The first-order chi connectivity index (χ1) is 8.20. The van der Waals surface area contributed by atoms with Crippen LogP contribution in [0.4, 0.5) is 4.79 Å². The molecule has 1 heterocycles. The number of nitrogens with one attached hydrogen (secondary N) is 1. The number of nitrogens with zero attached hydrogens (tertiary/aromatic N) is 1. The minimum Gasteiger partial charge on any atom is -0.450 e. The van der Waals surface area contributed by atoms with Gasteiger partial charge < -0.3 is 9.64 Å². The second-order valence-electron chi connectivity index (χ2n) is 5.46. The van der Waals surface area contributed by atoms with Gasteiger partial charge in [0.25, 0.3) is 0 Å². The summed E-state index contributed by atoms with van der Waals surface area (Å²) in [6.07, 6.45) is 3.99. The molecule has 0 aromatic carbocycles. The van der Waals surface area contributed by atoms with Crippen molar-refractivity contribution in [2.24, 2.45) is 5.92 Å². The highest BCUT2D eigenvalue weighted by Crippen LogP contribution is 2.22. The molecule has 0 aromatic heterocycles. The van der Waals surface area contributed by atoms with E-state index in [1.165, 1.54) is 19.3 Å². The lowest BCUT2D eigenvalue weighted by Gasteiger charge is -2.34. The molecule has 2 rings (SSSR count). The molecular formula is C13H25N2O2+. The summed E-state index contributed by atoms with van der Waals surface area (Å²) < 4.78 is 5.04. The van der Waals surface area contributed by atoms with Crippen molar-refractivity contribution < 1.29 is 14.4 Å². The summed E-state index contributed by atoms with van der Waals surface area (Å²) in [5.74, 6) is 0.899. The van der Waals surface area contributed by atoms with Gasteiger partial charge in [-0.05, 0) is 25.7 Å². The number of carbonyl (C=O) groups excluding carboxylic acids is 1. The van der Waals surface area contributed by atoms with E-state index in [1.54, 1.807) is 4.90 Å². The quantitative estimate of drug-likeness (QED) is 0.765. The fourth-order valence-electron chi connectivity index (χ4n) is 3.18. The maximum atomic E-state index is 11.6. The summed E-state index contributed by atoms with van der Waals surface area (Å²) in [4.78, 5) is 15.1. The molecule has 98 valence electrons. The first kappa shape index (κ1) is 12.7. The van der Waals surface area contributed by atoms with Crippen molar-refractivity contribution >= 4 is 6.09 Å². The summed E-state index contributed by atoms with van der Waals surface area (Å²) in [5, 5.41) is 0. The van der Waals surface area contributed by atoms with Crippen LogP contribution in [-0.4, -0.2) is 49.8 Å². The van der Waals surface area contributed by atoms with Gasteiger partial charge in [0.1, 0.15) is 0 Å². The summed E-state index contributed by atoms with van der Waals surface area (Å²) in [7, 11) is 0. The van der Waals surface area contributed by atoms with Gasteiger partial charge in [-0.3, -0.25) is 4.90 Å². The van der Waals surface area contributed by atoms with Gasteiger partial charge in [0, 0.05) is 6.42 Å². The first-order valence-electron chi connectivity index (χ1n) is 6.97. The normalized spacial score (nSPS) is 30.6. The molecule has 1 aliphatic carbocycles. The van der Waals surface area contributed by atoms with Crippen LogP contribution in [0.25, 0.3) is 0 Å². The molecule has 2 fully saturated rings. The fourth-order valence-corrected chi connectivity index (χ4v) is 3.18. The zero-order valence-corrected chi connectivity index (χ0v) is 11.1. The second-order valence-corrected chi connectivity index (χ2v) is 5.46. The first-order valence-corrected chi connectivity index (χ1v) is 6.97. The Morgan fingerprint density at radius 2 is 2.06 bits per heavy atom. The summed E-state index contributed by atoms with van der Waals surface area (Å²) in [6.45, 7) is 8.60. The van der Waals surface area contributed by atoms with Crippen LogP contribution in [0.3, 0.4) is 0 Å². The largest absolute Gasteiger partial charge is 0.450 e. The van der Waals surface area contributed by atoms with E-state index < -0.39 is 0 Å². The van der Waals surface area contributed by atoms with Crippen molar-refractivity contribution in [3.63, 3.8) is 0 Å². The smallest absolute Gasteiger partial charge is 0.410 e. The van der Waals surface area contributed by atoms with Crippen LogP contribution in [0.5, 0.6) is 0 Å². The van der Waals surface area contributed by atoms with E-state index in [-0.39, 0.29) is 6.09 Å². The molecule has 4 nitrogen and oxygen atoms in total. The Kier molecular flexibility index (Phi) is 4.26. The molecule has 2 aliphatic rings. The van der Waals surface area contributed by atoms with Crippen molar-refractivity contribution in [3.05, 3.63) is 0 Å². The summed E-state index contributed by atoms with van der Waals surface area (Å²) >= 11 is 0. The van der Waals surface area contributed by atoms with Gasteiger partial charge in [0.2, 0.25) is 0 Å². The standard InChI is InChI=1S/C13H24N2O2/c1-3-17-13(16)15-8-6-14(7-9-15)12-5-4-11(2)10-12/h11-12H,3-10H2,1-2H3/p+1/t11-,12-/m0/s1. The minimum absolute atomic E-state index is 0.133. The fraction of sp³-hybridized carbons (Fsp3) is 0.923. The summed E-state index contributed by atoms with van der Waals surface area (Å²) in [5.41, 5.74) is 0. The molecule has 1 N–H and O–H groups in total. The average molecular weight is 241 g/mol. The summed E-state index contributed by atoms with van der Waals surface area (Å²) in [6, 6.07) is 0.842. The molecule has 0 bridgehead atoms. The van der Waals surface area contributed by atoms with Crippen LogP contribution in [0.2, 0.25) is 0 Å². The SMILES string of the molecule is CCOC(=O)N1CC[NH+]([C@H]2CC[C@H](C)C2)CC1. The predicted octanol–water partition coefficient (Wildman–Crippen LogP) is 0.532. The number of quaternary nitrogens is 1. The molecule has 2 atom stereocenters. The van der Waals surface area contributed by atoms with Crippen LogP contribution in [0.15, 0.2) is 0 Å². The lowest BCUT2D eigenvalue weighted by molar-refractivity contribution is -0.928. The molecule has 1 aliphatic heterocycles. The Labute approximate surface area is 104 Å². The van der Waals surface area contributed by atoms with Crippen molar-refractivity contribution in [2.45, 2.75) is 39.2 Å². The third kappa shape index (κ3) is 3.12. The molecule has 1 saturated heterocycles. The van der Waals surface area contributed by atoms with Crippen LogP contribution in [0, 0.1) is 5.92 Å². The van der Waals surface area contributed by atoms with Gasteiger partial charge in [0.05, 0.1) is 38.8 Å². The maximum absolute atomic E-state index is 11.6. The third-order valence-corrected chi connectivity index (χ3v) is 4.20. The molecular weight excluding hydrogens is 216 g/mol. The zero-order valence-electron chi connectivity index (χ0n) is 11.1. The lowest BCUT2D eigenvalue weighted by atomic mass is 10.1. The van der Waals surface area contributed by atoms with Gasteiger partial charge in [-0.1, -0.05) is 6.92 Å². The molecule has 0 unspecified atom stereocenters. The number of piperazine rings is 1. The van der Waals surface area contributed by atoms with E-state index >= 15 is 0 Å². The lowest BCUT2D eigenvalue weighted by Crippen LogP contribution is -3.18. The Morgan fingerprint density at radius 1 is 1.35 bits per heavy atom. The van der Waals surface area contributed by atoms with Gasteiger partial charge in [-0.25, -0.2) is 4.79 Å². The van der Waals surface area contributed by atoms with E-state index in [1.807, 2.05) is 11.8 Å². The predicted molar refractivity (Wildman–Crippen MR) is 66.1 cm³/mol.